The third-order valence-corrected chi connectivity index (χ3v) is 5.01. The average molecular weight is 423 g/mol. The Bertz CT molecular complexity index is 1010. The summed E-state index contributed by atoms with van der Waals surface area (Å²) < 4.78 is 73.9. The molecule has 12 heteroatoms. The van der Waals surface area contributed by atoms with Gasteiger partial charge in [-0.15, -0.1) is 4.83 Å². The Hall–Kier alpha value is -2.50. The number of carbonyl (C=O) groups excluding carboxylic acids is 1. The minimum Gasteiger partial charge on any atom is -0.454 e. The molecule has 1 heterocycles. The van der Waals surface area contributed by atoms with E-state index >= 15 is 0 Å². The first-order chi connectivity index (χ1) is 12.6. The zero-order valence-electron chi connectivity index (χ0n) is 13.1. The first-order valence-corrected chi connectivity index (χ1v) is 9.02. The molecule has 1 aliphatic heterocycles. The van der Waals surface area contributed by atoms with Crippen molar-refractivity contribution in [2.24, 2.45) is 0 Å². The van der Waals surface area contributed by atoms with Gasteiger partial charge in [0, 0.05) is 10.6 Å². The molecule has 0 saturated heterocycles. The highest BCUT2D eigenvalue weighted by Gasteiger charge is 2.37. The number of fused-ring (bicyclic) bond motifs is 1. The Morgan fingerprint density at radius 3 is 2.48 bits per heavy atom. The lowest BCUT2D eigenvalue weighted by Gasteiger charge is -2.14. The summed E-state index contributed by atoms with van der Waals surface area (Å²) in [6.07, 6.45) is -4.96. The lowest BCUT2D eigenvalue weighted by molar-refractivity contribution is -0.139. The molecule has 0 bridgehead atoms. The van der Waals surface area contributed by atoms with Crippen LogP contribution >= 0.6 is 11.6 Å². The Morgan fingerprint density at radius 1 is 1.07 bits per heavy atom. The van der Waals surface area contributed by atoms with Crippen LogP contribution in [0.1, 0.15) is 15.9 Å². The fourth-order valence-electron chi connectivity index (χ4n) is 2.24. The summed E-state index contributed by atoms with van der Waals surface area (Å²) in [5.41, 5.74) is 0.399. The number of hydrazine groups is 1. The first-order valence-electron chi connectivity index (χ1n) is 7.16. The van der Waals surface area contributed by atoms with Crippen LogP contribution in [0.25, 0.3) is 0 Å². The van der Waals surface area contributed by atoms with E-state index < -0.39 is 32.6 Å². The second-order valence-electron chi connectivity index (χ2n) is 5.27. The predicted octanol–water partition coefficient (Wildman–Crippen LogP) is 2.71. The first kappa shape index (κ1) is 19.3. The second kappa shape index (κ2) is 6.91. The second-order valence-corrected chi connectivity index (χ2v) is 7.35. The van der Waals surface area contributed by atoms with Crippen molar-refractivity contribution in [3.8, 4) is 11.5 Å². The van der Waals surface area contributed by atoms with Gasteiger partial charge < -0.3 is 9.47 Å². The number of amides is 1. The maximum atomic E-state index is 13.1. The average Bonchev–Trinajstić information content (AvgIpc) is 3.06. The van der Waals surface area contributed by atoms with E-state index in [4.69, 9.17) is 21.1 Å². The molecule has 0 saturated carbocycles. The smallest absolute Gasteiger partial charge is 0.417 e. The summed E-state index contributed by atoms with van der Waals surface area (Å²) in [6.45, 7) is -0.0240. The van der Waals surface area contributed by atoms with Gasteiger partial charge in [-0.3, -0.25) is 10.2 Å². The zero-order valence-corrected chi connectivity index (χ0v) is 14.7. The normalized spacial score (nSPS) is 13.5. The number of rotatable bonds is 4. The molecule has 1 amide bonds. The van der Waals surface area contributed by atoms with Gasteiger partial charge in [-0.05, 0) is 36.4 Å². The molecule has 3 rings (SSSR count). The molecule has 0 atom stereocenters. The number of sulfonamides is 1. The predicted molar refractivity (Wildman–Crippen MR) is 86.8 cm³/mol. The van der Waals surface area contributed by atoms with Crippen molar-refractivity contribution in [3.05, 3.63) is 52.5 Å². The molecule has 2 aromatic rings. The van der Waals surface area contributed by atoms with Gasteiger partial charge in [-0.2, -0.15) is 13.2 Å². The van der Waals surface area contributed by atoms with Crippen molar-refractivity contribution in [2.45, 2.75) is 11.1 Å². The molecule has 0 spiro atoms. The fraction of sp³-hybridized carbons (Fsp3) is 0.133. The van der Waals surface area contributed by atoms with Crippen molar-refractivity contribution in [3.63, 3.8) is 0 Å². The van der Waals surface area contributed by atoms with Crippen LogP contribution in [0.15, 0.2) is 41.3 Å². The zero-order chi connectivity index (χ0) is 19.8. The molecule has 0 unspecified atom stereocenters. The molecule has 2 aromatic carbocycles. The minimum absolute atomic E-state index is 0.00843. The number of halogens is 4. The van der Waals surface area contributed by atoms with E-state index in [2.05, 4.69) is 0 Å². The lowest BCUT2D eigenvalue weighted by Crippen LogP contribution is -2.42. The number of hydrogen-bond donors (Lipinski definition) is 2. The van der Waals surface area contributed by atoms with E-state index in [1.807, 2.05) is 5.43 Å². The van der Waals surface area contributed by atoms with E-state index in [0.717, 1.165) is 6.07 Å². The van der Waals surface area contributed by atoms with Crippen molar-refractivity contribution >= 4 is 27.5 Å². The topological polar surface area (TPSA) is 93.7 Å². The molecule has 144 valence electrons. The molecule has 27 heavy (non-hydrogen) atoms. The summed E-state index contributed by atoms with van der Waals surface area (Å²) in [7, 11) is -4.72. The van der Waals surface area contributed by atoms with Crippen molar-refractivity contribution < 1.29 is 35.9 Å². The monoisotopic (exact) mass is 422 g/mol. The third-order valence-electron chi connectivity index (χ3n) is 3.47. The van der Waals surface area contributed by atoms with Crippen LogP contribution in [0.3, 0.4) is 0 Å². The van der Waals surface area contributed by atoms with Gasteiger partial charge in [0.15, 0.2) is 11.5 Å². The van der Waals surface area contributed by atoms with Gasteiger partial charge in [0.2, 0.25) is 6.79 Å². The van der Waals surface area contributed by atoms with Crippen LogP contribution in [-0.4, -0.2) is 21.1 Å². The molecule has 0 aliphatic carbocycles. The van der Waals surface area contributed by atoms with E-state index in [0.29, 0.717) is 17.9 Å². The number of nitrogens with one attached hydrogen (secondary N) is 2. The number of ether oxygens (including phenoxy) is 2. The van der Waals surface area contributed by atoms with Crippen LogP contribution in [0.4, 0.5) is 13.2 Å². The van der Waals surface area contributed by atoms with Crippen molar-refractivity contribution in [2.75, 3.05) is 6.79 Å². The fourth-order valence-corrected chi connectivity index (χ4v) is 3.46. The number of benzene rings is 2. The molecular weight excluding hydrogens is 413 g/mol. The van der Waals surface area contributed by atoms with Gasteiger partial charge in [0.1, 0.15) is 0 Å². The number of hydrogen-bond acceptors (Lipinski definition) is 5. The summed E-state index contributed by atoms with van der Waals surface area (Å²) in [5.74, 6) is -0.218. The standard InChI is InChI=1S/C15H10ClF3N2O5S/c16-9-2-4-13(10(6-9)15(17,18)19)27(23,24)21-20-14(22)8-1-3-11-12(5-8)26-7-25-11/h1-6,21H,7H2,(H,20,22). The molecule has 2 N–H and O–H groups in total. The lowest BCUT2D eigenvalue weighted by atomic mass is 10.2. The number of carbonyl (C=O) groups is 1. The van der Waals surface area contributed by atoms with Crippen molar-refractivity contribution in [1.82, 2.24) is 10.3 Å². The van der Waals surface area contributed by atoms with Gasteiger partial charge in [0.05, 0.1) is 10.5 Å². The van der Waals surface area contributed by atoms with Crippen LogP contribution < -0.4 is 19.7 Å². The summed E-state index contributed by atoms with van der Waals surface area (Å²) in [6, 6.07) is 6.24. The molecular formula is C15H10ClF3N2O5S. The molecule has 0 fully saturated rings. The van der Waals surface area contributed by atoms with Crippen LogP contribution in [0.2, 0.25) is 5.02 Å². The van der Waals surface area contributed by atoms with Crippen LogP contribution in [-0.2, 0) is 16.2 Å². The van der Waals surface area contributed by atoms with E-state index in [-0.39, 0.29) is 23.1 Å². The highest BCUT2D eigenvalue weighted by Crippen LogP contribution is 2.36. The summed E-state index contributed by atoms with van der Waals surface area (Å²) in [5, 5.41) is -0.286. The highest BCUT2D eigenvalue weighted by molar-refractivity contribution is 7.89. The summed E-state index contributed by atoms with van der Waals surface area (Å²) >= 11 is 5.52. The van der Waals surface area contributed by atoms with Crippen LogP contribution in [0, 0.1) is 0 Å². The van der Waals surface area contributed by atoms with Gasteiger partial charge in [-0.1, -0.05) is 11.6 Å². The van der Waals surface area contributed by atoms with Crippen LogP contribution in [0.5, 0.6) is 11.5 Å². The Morgan fingerprint density at radius 2 is 1.78 bits per heavy atom. The Labute approximate surface area is 156 Å². The van der Waals surface area contributed by atoms with E-state index in [1.165, 1.54) is 18.2 Å². The Kier molecular flexibility index (Phi) is 4.93. The highest BCUT2D eigenvalue weighted by atomic mass is 35.5. The molecule has 0 radical (unpaired) electrons. The number of alkyl halides is 3. The molecule has 7 nitrogen and oxygen atoms in total. The SMILES string of the molecule is O=C(NNS(=O)(=O)c1ccc(Cl)cc1C(F)(F)F)c1ccc2c(c1)OCO2. The van der Waals surface area contributed by atoms with Gasteiger partial charge in [0.25, 0.3) is 15.9 Å². The maximum Gasteiger partial charge on any atom is 0.417 e. The maximum absolute atomic E-state index is 13.1. The quantitative estimate of drug-likeness (QED) is 0.739. The van der Waals surface area contributed by atoms with E-state index in [1.54, 1.807) is 4.83 Å². The van der Waals surface area contributed by atoms with E-state index in [9.17, 15) is 26.4 Å². The Balaban J connectivity index is 1.80. The van der Waals surface area contributed by atoms with Gasteiger partial charge >= 0.3 is 6.18 Å². The summed E-state index contributed by atoms with van der Waals surface area (Å²) in [4.78, 5) is 12.6. The van der Waals surface area contributed by atoms with Gasteiger partial charge in [-0.25, -0.2) is 8.42 Å². The molecule has 1 aliphatic rings. The largest absolute Gasteiger partial charge is 0.454 e. The molecule has 0 aromatic heterocycles. The van der Waals surface area contributed by atoms with Crippen molar-refractivity contribution in [1.29, 1.82) is 0 Å². The minimum atomic E-state index is -4.96. The third kappa shape index (κ3) is 4.10.